The maximum atomic E-state index is 11.8. The summed E-state index contributed by atoms with van der Waals surface area (Å²) >= 11 is 5.52. The number of likely N-dealkylation sites (N-methyl/N-ethyl adjacent to an activating group) is 1. The molecular formula is C15H23N3O2S2. The van der Waals surface area contributed by atoms with Gasteiger partial charge in [-0.15, -0.1) is 0 Å². The summed E-state index contributed by atoms with van der Waals surface area (Å²) in [6.45, 7) is 1.54. The van der Waals surface area contributed by atoms with E-state index in [9.17, 15) is 8.42 Å². The second-order valence-corrected chi connectivity index (χ2v) is 8.47. The van der Waals surface area contributed by atoms with Gasteiger partial charge in [-0.25, -0.2) is 8.42 Å². The van der Waals surface area contributed by atoms with Crippen LogP contribution in [0.4, 0.5) is 5.69 Å². The van der Waals surface area contributed by atoms with Gasteiger partial charge in [0.05, 0.1) is 11.5 Å². The van der Waals surface area contributed by atoms with Crippen LogP contribution in [0.1, 0.15) is 6.42 Å². The van der Waals surface area contributed by atoms with Crippen molar-refractivity contribution in [2.45, 2.75) is 12.5 Å². The van der Waals surface area contributed by atoms with Gasteiger partial charge in [0.1, 0.15) is 0 Å². The summed E-state index contributed by atoms with van der Waals surface area (Å²) in [5.74, 6) is 0.446. The van der Waals surface area contributed by atoms with Gasteiger partial charge in [0.2, 0.25) is 0 Å². The van der Waals surface area contributed by atoms with Crippen molar-refractivity contribution >= 4 is 32.9 Å². The SMILES string of the molecule is CN(C)CCN(C(=S)Nc1ccccc1)[C@H]1CCS(=O)(=O)C1. The number of rotatable bonds is 5. The Morgan fingerprint density at radius 2 is 1.95 bits per heavy atom. The van der Waals surface area contributed by atoms with Gasteiger partial charge < -0.3 is 15.1 Å². The summed E-state index contributed by atoms with van der Waals surface area (Å²) in [7, 11) is 1.07. The Hall–Kier alpha value is -1.18. The van der Waals surface area contributed by atoms with Gasteiger partial charge in [-0.1, -0.05) is 18.2 Å². The predicted molar refractivity (Wildman–Crippen MR) is 95.0 cm³/mol. The third-order valence-corrected chi connectivity index (χ3v) is 5.81. The molecule has 1 aromatic rings. The molecule has 0 bridgehead atoms. The number of nitrogens with one attached hydrogen (secondary N) is 1. The average Bonchev–Trinajstić information content (AvgIpc) is 2.80. The van der Waals surface area contributed by atoms with Crippen molar-refractivity contribution in [2.24, 2.45) is 0 Å². The quantitative estimate of drug-likeness (QED) is 0.818. The maximum Gasteiger partial charge on any atom is 0.173 e. The first-order valence-corrected chi connectivity index (χ1v) is 9.58. The molecular weight excluding hydrogens is 318 g/mol. The van der Waals surface area contributed by atoms with Crippen LogP contribution in [0, 0.1) is 0 Å². The topological polar surface area (TPSA) is 52.6 Å². The zero-order valence-electron chi connectivity index (χ0n) is 13.0. The summed E-state index contributed by atoms with van der Waals surface area (Å²) in [6, 6.07) is 9.68. The van der Waals surface area contributed by atoms with E-state index in [1.54, 1.807) is 0 Å². The Morgan fingerprint density at radius 1 is 1.27 bits per heavy atom. The lowest BCUT2D eigenvalue weighted by molar-refractivity contribution is 0.289. The molecule has 1 saturated heterocycles. The molecule has 0 radical (unpaired) electrons. The number of para-hydroxylation sites is 1. The Labute approximate surface area is 138 Å². The van der Waals surface area contributed by atoms with E-state index >= 15 is 0 Å². The van der Waals surface area contributed by atoms with Crippen molar-refractivity contribution in [1.82, 2.24) is 9.80 Å². The minimum absolute atomic E-state index is 0.0336. The number of sulfone groups is 1. The second-order valence-electron chi connectivity index (χ2n) is 5.85. The van der Waals surface area contributed by atoms with Gasteiger partial charge >= 0.3 is 0 Å². The first-order valence-electron chi connectivity index (χ1n) is 7.35. The monoisotopic (exact) mass is 341 g/mol. The number of hydrogen-bond donors (Lipinski definition) is 1. The summed E-state index contributed by atoms with van der Waals surface area (Å²) in [6.07, 6.45) is 0.645. The molecule has 5 nitrogen and oxygen atoms in total. The smallest absolute Gasteiger partial charge is 0.173 e. The van der Waals surface area contributed by atoms with E-state index in [1.165, 1.54) is 0 Å². The molecule has 0 saturated carbocycles. The van der Waals surface area contributed by atoms with Gasteiger partial charge in [-0.3, -0.25) is 0 Å². The van der Waals surface area contributed by atoms with Crippen LogP contribution < -0.4 is 5.32 Å². The summed E-state index contributed by atoms with van der Waals surface area (Å²) in [5.41, 5.74) is 0.920. The van der Waals surface area contributed by atoms with Crippen molar-refractivity contribution in [3.05, 3.63) is 30.3 Å². The van der Waals surface area contributed by atoms with Crippen LogP contribution in [0.2, 0.25) is 0 Å². The van der Waals surface area contributed by atoms with E-state index in [0.29, 0.717) is 18.1 Å². The van der Waals surface area contributed by atoms with Gasteiger partial charge in [-0.2, -0.15) is 0 Å². The van der Waals surface area contributed by atoms with E-state index in [0.717, 1.165) is 12.2 Å². The van der Waals surface area contributed by atoms with Crippen LogP contribution in [0.15, 0.2) is 30.3 Å². The normalized spacial score (nSPS) is 20.0. The van der Waals surface area contributed by atoms with Crippen LogP contribution in [-0.4, -0.2) is 68.1 Å². The zero-order chi connectivity index (χ0) is 16.2. The van der Waals surface area contributed by atoms with E-state index in [4.69, 9.17) is 12.2 Å². The van der Waals surface area contributed by atoms with Crippen LogP contribution >= 0.6 is 12.2 Å². The van der Waals surface area contributed by atoms with Crippen molar-refractivity contribution in [3.63, 3.8) is 0 Å². The van der Waals surface area contributed by atoms with Crippen LogP contribution in [0.3, 0.4) is 0 Å². The molecule has 0 spiro atoms. The standard InChI is InChI=1S/C15H23N3O2S2/c1-17(2)9-10-18(14-8-11-22(19,20)12-14)15(21)16-13-6-4-3-5-7-13/h3-7,14H,8-12H2,1-2H3,(H,16,21)/t14-/m0/s1. The van der Waals surface area contributed by atoms with Crippen LogP contribution in [0.5, 0.6) is 0 Å². The highest BCUT2D eigenvalue weighted by molar-refractivity contribution is 7.91. The molecule has 1 aromatic carbocycles. The van der Waals surface area contributed by atoms with E-state index < -0.39 is 9.84 Å². The second kappa shape index (κ2) is 7.39. The Morgan fingerprint density at radius 3 is 2.50 bits per heavy atom. The average molecular weight is 342 g/mol. The van der Waals surface area contributed by atoms with E-state index in [2.05, 4.69) is 10.2 Å². The summed E-state index contributed by atoms with van der Waals surface area (Å²) in [4.78, 5) is 4.09. The lowest BCUT2D eigenvalue weighted by Gasteiger charge is -2.32. The highest BCUT2D eigenvalue weighted by atomic mass is 32.2. The molecule has 0 aliphatic carbocycles. The molecule has 1 N–H and O–H groups in total. The minimum atomic E-state index is -2.93. The number of thiocarbonyl (C=S) groups is 1. The number of anilines is 1. The zero-order valence-corrected chi connectivity index (χ0v) is 14.7. The number of nitrogens with zero attached hydrogens (tertiary/aromatic N) is 2. The number of hydrogen-bond acceptors (Lipinski definition) is 4. The highest BCUT2D eigenvalue weighted by Crippen LogP contribution is 2.19. The third-order valence-electron chi connectivity index (χ3n) is 3.72. The van der Waals surface area contributed by atoms with Crippen molar-refractivity contribution in [1.29, 1.82) is 0 Å². The molecule has 122 valence electrons. The predicted octanol–water partition coefficient (Wildman–Crippen LogP) is 1.43. The Kier molecular flexibility index (Phi) is 5.77. The van der Waals surface area contributed by atoms with E-state index in [1.807, 2.05) is 49.3 Å². The molecule has 1 aliphatic rings. The van der Waals surface area contributed by atoms with Crippen molar-refractivity contribution in [2.75, 3.05) is 44.0 Å². The largest absolute Gasteiger partial charge is 0.344 e. The van der Waals surface area contributed by atoms with Crippen molar-refractivity contribution in [3.8, 4) is 0 Å². The fourth-order valence-corrected chi connectivity index (χ4v) is 4.58. The molecule has 0 aromatic heterocycles. The Bertz CT molecular complexity index is 602. The van der Waals surface area contributed by atoms with Crippen molar-refractivity contribution < 1.29 is 8.42 Å². The fraction of sp³-hybridized carbons (Fsp3) is 0.533. The Balaban J connectivity index is 2.08. The molecule has 22 heavy (non-hydrogen) atoms. The minimum Gasteiger partial charge on any atom is -0.344 e. The molecule has 1 fully saturated rings. The molecule has 0 unspecified atom stereocenters. The molecule has 0 amide bonds. The molecule has 7 heteroatoms. The fourth-order valence-electron chi connectivity index (χ4n) is 2.50. The molecule has 2 rings (SSSR count). The third kappa shape index (κ3) is 4.93. The van der Waals surface area contributed by atoms with E-state index in [-0.39, 0.29) is 17.5 Å². The first-order chi connectivity index (χ1) is 10.4. The number of benzene rings is 1. The molecule has 1 heterocycles. The van der Waals surface area contributed by atoms with Gasteiger partial charge in [0.25, 0.3) is 0 Å². The lowest BCUT2D eigenvalue weighted by atomic mass is 10.2. The molecule has 1 aliphatic heterocycles. The maximum absolute atomic E-state index is 11.8. The lowest BCUT2D eigenvalue weighted by Crippen LogP contribution is -2.46. The summed E-state index contributed by atoms with van der Waals surface area (Å²) in [5, 5.41) is 3.81. The summed E-state index contributed by atoms with van der Waals surface area (Å²) < 4.78 is 23.5. The van der Waals surface area contributed by atoms with Gasteiger partial charge in [0, 0.05) is 24.8 Å². The molecule has 1 atom stereocenters. The van der Waals surface area contributed by atoms with Gasteiger partial charge in [-0.05, 0) is 44.9 Å². The van der Waals surface area contributed by atoms with Crippen LogP contribution in [-0.2, 0) is 9.84 Å². The van der Waals surface area contributed by atoms with Gasteiger partial charge in [0.15, 0.2) is 14.9 Å². The van der Waals surface area contributed by atoms with Crippen LogP contribution in [0.25, 0.3) is 0 Å². The highest BCUT2D eigenvalue weighted by Gasteiger charge is 2.33. The first kappa shape index (κ1) is 17.2.